The highest BCUT2D eigenvalue weighted by Crippen LogP contribution is 2.24. The Balaban J connectivity index is 4.38. The quantitative estimate of drug-likeness (QED) is 0.0327. The Morgan fingerprint density at radius 1 is 0.276 bits per heavy atom. The summed E-state index contributed by atoms with van der Waals surface area (Å²) in [4.78, 5) is 0. The Bertz CT molecular complexity index is 912. The molecule has 0 spiro atoms. The van der Waals surface area contributed by atoms with E-state index in [-0.39, 0.29) is 0 Å². The Labute approximate surface area is 367 Å². The number of quaternary nitrogens is 1. The molecule has 1 nitrogen and oxygen atoms in total. The molecule has 1 heteroatoms. The lowest BCUT2D eigenvalue weighted by atomic mass is 9.97. The van der Waals surface area contributed by atoms with Crippen molar-refractivity contribution >= 4 is 0 Å². The molecule has 0 aliphatic carbocycles. The van der Waals surface area contributed by atoms with Gasteiger partial charge in [-0.1, -0.05) is 203 Å². The summed E-state index contributed by atoms with van der Waals surface area (Å²) in [5.74, 6) is 0. The smallest absolute Gasteiger partial charge is 0.0886 e. The van der Waals surface area contributed by atoms with Crippen LogP contribution in [0.25, 0.3) is 0 Å². The van der Waals surface area contributed by atoms with Gasteiger partial charge in [-0.25, -0.2) is 0 Å². The number of nitrogens with zero attached hydrogens (tertiary/aromatic N) is 1. The molecule has 0 aromatic carbocycles. The molecule has 0 heterocycles. The summed E-state index contributed by atoms with van der Waals surface area (Å²) in [6, 6.07) is 0.842. The van der Waals surface area contributed by atoms with Crippen LogP contribution in [0.1, 0.15) is 265 Å². The molecule has 0 amide bonds. The summed E-state index contributed by atoms with van der Waals surface area (Å²) < 4.78 is 1.25. The van der Waals surface area contributed by atoms with Gasteiger partial charge in [0.15, 0.2) is 0 Å². The normalized spacial score (nSPS) is 13.4. The lowest BCUT2D eigenvalue weighted by molar-refractivity contribution is -0.916. The zero-order valence-corrected chi connectivity index (χ0v) is 40.5. The van der Waals surface area contributed by atoms with E-state index >= 15 is 0 Å². The minimum atomic E-state index is 0.842. The zero-order valence-electron chi connectivity index (χ0n) is 40.5. The van der Waals surface area contributed by atoms with E-state index in [1.165, 1.54) is 236 Å². The summed E-state index contributed by atoms with van der Waals surface area (Å²) in [5.41, 5.74) is 0. The third kappa shape index (κ3) is 44.0. The van der Waals surface area contributed by atoms with Gasteiger partial charge in [-0.2, -0.15) is 0 Å². The molecule has 0 aromatic heterocycles. The molecule has 0 unspecified atom stereocenters. The van der Waals surface area contributed by atoms with Crippen molar-refractivity contribution in [2.75, 3.05) is 20.6 Å². The summed E-state index contributed by atoms with van der Waals surface area (Å²) in [6.45, 7) is 8.21. The van der Waals surface area contributed by atoms with Crippen LogP contribution in [0.15, 0.2) is 72.9 Å². The van der Waals surface area contributed by atoms with E-state index in [4.69, 9.17) is 0 Å². The largest absolute Gasteiger partial charge is 0.326 e. The van der Waals surface area contributed by atoms with Crippen LogP contribution in [-0.4, -0.2) is 31.2 Å². The van der Waals surface area contributed by atoms with Gasteiger partial charge in [-0.15, -0.1) is 0 Å². The van der Waals surface area contributed by atoms with E-state index in [0.717, 1.165) is 25.3 Å². The van der Waals surface area contributed by atoms with Crippen molar-refractivity contribution in [2.24, 2.45) is 0 Å². The Kier molecular flexibility index (Phi) is 46.7. The van der Waals surface area contributed by atoms with Gasteiger partial charge in [0.05, 0.1) is 26.7 Å². The molecule has 0 rings (SSSR count). The highest BCUT2D eigenvalue weighted by atomic mass is 15.3. The first-order chi connectivity index (χ1) is 28.6. The fourth-order valence-electron chi connectivity index (χ4n) is 8.27. The SMILES string of the molecule is CCCCCC=CCC=CCCCCCCCCC(CCCCCCCCC=CCC=CCCCCC)[N+](C)(C)CCCCCCCC/C=C\C/C=C\CCCCC. The molecule has 0 aromatic rings. The van der Waals surface area contributed by atoms with Crippen LogP contribution in [-0.2, 0) is 0 Å². The number of allylic oxidation sites excluding steroid dienone is 12. The molecule has 0 bridgehead atoms. The monoisotopic (exact) mass is 805 g/mol. The maximum absolute atomic E-state index is 2.57. The van der Waals surface area contributed by atoms with E-state index in [0.29, 0.717) is 0 Å². The van der Waals surface area contributed by atoms with Crippen molar-refractivity contribution in [3.63, 3.8) is 0 Å². The average Bonchev–Trinajstić information content (AvgIpc) is 3.22. The number of hydrogen-bond donors (Lipinski definition) is 0. The minimum Gasteiger partial charge on any atom is -0.326 e. The van der Waals surface area contributed by atoms with Crippen LogP contribution in [0, 0.1) is 0 Å². The number of rotatable bonds is 46. The van der Waals surface area contributed by atoms with E-state index in [1.807, 2.05) is 0 Å². The Hall–Kier alpha value is -1.60. The topological polar surface area (TPSA) is 0 Å². The van der Waals surface area contributed by atoms with E-state index in [1.54, 1.807) is 0 Å². The third-order valence-corrected chi connectivity index (χ3v) is 12.4. The molecule has 0 saturated carbocycles. The van der Waals surface area contributed by atoms with Gasteiger partial charge in [0, 0.05) is 0 Å². The fourth-order valence-corrected chi connectivity index (χ4v) is 8.27. The van der Waals surface area contributed by atoms with Crippen molar-refractivity contribution in [1.29, 1.82) is 0 Å². The molecule has 0 aliphatic rings. The van der Waals surface area contributed by atoms with Gasteiger partial charge >= 0.3 is 0 Å². The third-order valence-electron chi connectivity index (χ3n) is 12.4. The molecular weight excluding hydrogens is 699 g/mol. The van der Waals surface area contributed by atoms with Crippen LogP contribution in [0.5, 0.6) is 0 Å². The van der Waals surface area contributed by atoms with Gasteiger partial charge in [0.1, 0.15) is 0 Å². The maximum atomic E-state index is 2.57. The second-order valence-electron chi connectivity index (χ2n) is 18.5. The summed E-state index contributed by atoms with van der Waals surface area (Å²) in [7, 11) is 5.14. The second-order valence-corrected chi connectivity index (χ2v) is 18.5. The maximum Gasteiger partial charge on any atom is 0.0886 e. The summed E-state index contributed by atoms with van der Waals surface area (Å²) in [6.07, 6.45) is 79.9. The number of hydrogen-bond acceptors (Lipinski definition) is 0. The summed E-state index contributed by atoms with van der Waals surface area (Å²) in [5, 5.41) is 0. The van der Waals surface area contributed by atoms with Gasteiger partial charge in [-0.05, 0) is 135 Å². The highest BCUT2D eigenvalue weighted by molar-refractivity contribution is 4.94. The predicted molar refractivity (Wildman–Crippen MR) is 268 cm³/mol. The van der Waals surface area contributed by atoms with Crippen molar-refractivity contribution in [3.8, 4) is 0 Å². The molecule has 58 heavy (non-hydrogen) atoms. The standard InChI is InChI=1S/C57H106N/c1-6-9-12-15-18-21-24-27-30-33-36-39-42-45-48-51-54-57(55-52-49-46-43-40-37-34-31-28-25-22-19-16-13-10-7-2)58(4,5)56-53-50-47-44-41-38-35-32-29-26-23-20-17-14-11-8-3/h18-23,27-32,57H,6-17,24-26,33-56H2,1-5H3/q+1/b21-18?,22-19?,23-20-,30-27?,31-28?,32-29-. The van der Waals surface area contributed by atoms with Gasteiger partial charge in [-0.3, -0.25) is 0 Å². The molecule has 0 atom stereocenters. The predicted octanol–water partition coefficient (Wildman–Crippen LogP) is 19.7. The molecule has 0 N–H and O–H groups in total. The lowest BCUT2D eigenvalue weighted by Crippen LogP contribution is -2.49. The van der Waals surface area contributed by atoms with Crippen LogP contribution in [0.4, 0.5) is 0 Å². The molecule has 0 aliphatic heterocycles. The molecule has 0 fully saturated rings. The molecule has 0 saturated heterocycles. The average molecular weight is 805 g/mol. The fraction of sp³-hybridized carbons (Fsp3) is 0.789. The van der Waals surface area contributed by atoms with Crippen molar-refractivity contribution in [2.45, 2.75) is 271 Å². The first-order valence-electron chi connectivity index (χ1n) is 26.3. The second kappa shape index (κ2) is 48.1. The minimum absolute atomic E-state index is 0.842. The van der Waals surface area contributed by atoms with E-state index < -0.39 is 0 Å². The van der Waals surface area contributed by atoms with Crippen LogP contribution in [0.3, 0.4) is 0 Å². The highest BCUT2D eigenvalue weighted by Gasteiger charge is 2.26. The molecule has 0 radical (unpaired) electrons. The van der Waals surface area contributed by atoms with Gasteiger partial charge in [0.2, 0.25) is 0 Å². The van der Waals surface area contributed by atoms with Crippen LogP contribution in [0.2, 0.25) is 0 Å². The lowest BCUT2D eigenvalue weighted by Gasteiger charge is -2.39. The Morgan fingerprint density at radius 2 is 0.517 bits per heavy atom. The number of unbranched alkanes of at least 4 members (excludes halogenated alkanes) is 27. The van der Waals surface area contributed by atoms with Crippen molar-refractivity contribution in [3.05, 3.63) is 72.9 Å². The zero-order chi connectivity index (χ0) is 42.1. The first-order valence-corrected chi connectivity index (χ1v) is 26.3. The first kappa shape index (κ1) is 56.4. The van der Waals surface area contributed by atoms with Gasteiger partial charge in [0.25, 0.3) is 0 Å². The Morgan fingerprint density at radius 3 is 0.810 bits per heavy atom. The van der Waals surface area contributed by atoms with Crippen molar-refractivity contribution in [1.82, 2.24) is 0 Å². The molecular formula is C57H106N+. The van der Waals surface area contributed by atoms with Crippen LogP contribution < -0.4 is 0 Å². The van der Waals surface area contributed by atoms with E-state index in [9.17, 15) is 0 Å². The molecule has 338 valence electrons. The van der Waals surface area contributed by atoms with Crippen LogP contribution >= 0.6 is 0 Å². The summed E-state index contributed by atoms with van der Waals surface area (Å²) >= 11 is 0. The van der Waals surface area contributed by atoms with Gasteiger partial charge < -0.3 is 4.48 Å². The van der Waals surface area contributed by atoms with E-state index in [2.05, 4.69) is 108 Å². The van der Waals surface area contributed by atoms with Crippen molar-refractivity contribution < 1.29 is 4.48 Å².